The average Bonchev–Trinajstić information content (AvgIpc) is 2.67. The van der Waals surface area contributed by atoms with Crippen LogP contribution in [0.2, 0.25) is 0 Å². The van der Waals surface area contributed by atoms with Gasteiger partial charge in [0.15, 0.2) is 0 Å². The Labute approximate surface area is 165 Å². The summed E-state index contributed by atoms with van der Waals surface area (Å²) >= 11 is 3.49. The number of anilines is 1. The molecule has 132 valence electrons. The van der Waals surface area contributed by atoms with Crippen LogP contribution in [0.3, 0.4) is 0 Å². The maximum atomic E-state index is 13.0. The van der Waals surface area contributed by atoms with Crippen LogP contribution < -0.4 is 5.32 Å². The van der Waals surface area contributed by atoms with Crippen LogP contribution in [0.5, 0.6) is 0 Å². The first-order valence-corrected chi connectivity index (χ1v) is 9.29. The molecule has 0 atom stereocenters. The number of hydrogen-bond acceptors (Lipinski definition) is 3. The average molecular weight is 418 g/mol. The largest absolute Gasteiger partial charge is 0.307 e. The smallest absolute Gasteiger partial charge is 0.257 e. The van der Waals surface area contributed by atoms with Crippen LogP contribution in [0, 0.1) is 6.92 Å². The standard InChI is InChI=1S/C22H16BrN3O/c1-14-9-10-24-21(11-14)26-22(27)18-13-20(15-5-4-6-16(23)12-15)25-19-8-3-2-7-17(18)19/h2-13H,1H3,(H,24,26,27). The van der Waals surface area contributed by atoms with Gasteiger partial charge < -0.3 is 5.32 Å². The van der Waals surface area contributed by atoms with Crippen molar-refractivity contribution in [2.24, 2.45) is 0 Å². The number of amides is 1. The quantitative estimate of drug-likeness (QED) is 0.470. The second-order valence-electron chi connectivity index (χ2n) is 6.26. The Bertz CT molecular complexity index is 1160. The number of rotatable bonds is 3. The first kappa shape index (κ1) is 17.4. The number of nitrogens with zero attached hydrogens (tertiary/aromatic N) is 2. The first-order chi connectivity index (χ1) is 13.1. The zero-order chi connectivity index (χ0) is 18.8. The van der Waals surface area contributed by atoms with E-state index in [-0.39, 0.29) is 5.91 Å². The Balaban J connectivity index is 1.82. The Kier molecular flexibility index (Phi) is 4.69. The summed E-state index contributed by atoms with van der Waals surface area (Å²) in [5.41, 5.74) is 4.07. The number of halogens is 1. The predicted molar refractivity (Wildman–Crippen MR) is 112 cm³/mol. The van der Waals surface area contributed by atoms with E-state index in [2.05, 4.69) is 26.2 Å². The van der Waals surface area contributed by atoms with Crippen molar-refractivity contribution in [2.45, 2.75) is 6.92 Å². The van der Waals surface area contributed by atoms with Gasteiger partial charge in [0.05, 0.1) is 16.8 Å². The molecule has 0 unspecified atom stereocenters. The van der Waals surface area contributed by atoms with Crippen LogP contribution in [0.15, 0.2) is 77.4 Å². The van der Waals surface area contributed by atoms with Crippen molar-refractivity contribution in [3.8, 4) is 11.3 Å². The highest BCUT2D eigenvalue weighted by molar-refractivity contribution is 9.10. The molecule has 0 aliphatic carbocycles. The molecule has 0 spiro atoms. The van der Waals surface area contributed by atoms with Crippen LogP contribution in [0.4, 0.5) is 5.82 Å². The van der Waals surface area contributed by atoms with Gasteiger partial charge in [0.1, 0.15) is 5.82 Å². The van der Waals surface area contributed by atoms with Crippen molar-refractivity contribution in [1.29, 1.82) is 0 Å². The highest BCUT2D eigenvalue weighted by Crippen LogP contribution is 2.27. The molecule has 1 N–H and O–H groups in total. The fraction of sp³-hybridized carbons (Fsp3) is 0.0455. The van der Waals surface area contributed by atoms with Crippen molar-refractivity contribution in [3.05, 3.63) is 88.5 Å². The van der Waals surface area contributed by atoms with Crippen molar-refractivity contribution in [3.63, 3.8) is 0 Å². The van der Waals surface area contributed by atoms with Crippen LogP contribution in [-0.2, 0) is 0 Å². The van der Waals surface area contributed by atoms with Gasteiger partial charge in [-0.1, -0.05) is 46.3 Å². The summed E-state index contributed by atoms with van der Waals surface area (Å²) in [5, 5.41) is 3.70. The van der Waals surface area contributed by atoms with Gasteiger partial charge in [-0.3, -0.25) is 4.79 Å². The number of carbonyl (C=O) groups excluding carboxylic acids is 1. The van der Waals surface area contributed by atoms with E-state index in [4.69, 9.17) is 4.98 Å². The number of aromatic nitrogens is 2. The molecule has 1 amide bonds. The van der Waals surface area contributed by atoms with E-state index < -0.39 is 0 Å². The van der Waals surface area contributed by atoms with Gasteiger partial charge in [-0.25, -0.2) is 9.97 Å². The molecule has 0 saturated heterocycles. The lowest BCUT2D eigenvalue weighted by molar-refractivity contribution is 0.102. The Morgan fingerprint density at radius 1 is 1.00 bits per heavy atom. The Morgan fingerprint density at radius 2 is 1.85 bits per heavy atom. The Morgan fingerprint density at radius 3 is 2.67 bits per heavy atom. The molecule has 4 rings (SSSR count). The second kappa shape index (κ2) is 7.29. The molecule has 0 aliphatic heterocycles. The van der Waals surface area contributed by atoms with Gasteiger partial charge >= 0.3 is 0 Å². The van der Waals surface area contributed by atoms with Crippen LogP contribution in [0.1, 0.15) is 15.9 Å². The third kappa shape index (κ3) is 3.73. The molecule has 0 radical (unpaired) electrons. The van der Waals surface area contributed by atoms with Crippen molar-refractivity contribution >= 4 is 38.6 Å². The zero-order valence-electron chi connectivity index (χ0n) is 14.6. The maximum absolute atomic E-state index is 13.0. The molecule has 27 heavy (non-hydrogen) atoms. The van der Waals surface area contributed by atoms with E-state index in [0.717, 1.165) is 32.2 Å². The van der Waals surface area contributed by atoms with Crippen LogP contribution in [0.25, 0.3) is 22.2 Å². The number of benzene rings is 2. The lowest BCUT2D eigenvalue weighted by Gasteiger charge is -2.11. The van der Waals surface area contributed by atoms with Gasteiger partial charge in [0.2, 0.25) is 0 Å². The molecule has 2 aromatic heterocycles. The monoisotopic (exact) mass is 417 g/mol. The van der Waals surface area contributed by atoms with E-state index in [1.807, 2.05) is 73.7 Å². The highest BCUT2D eigenvalue weighted by Gasteiger charge is 2.15. The number of fused-ring (bicyclic) bond motifs is 1. The lowest BCUT2D eigenvalue weighted by Crippen LogP contribution is -2.14. The third-order valence-electron chi connectivity index (χ3n) is 4.24. The summed E-state index contributed by atoms with van der Waals surface area (Å²) in [6, 6.07) is 21.1. The molecule has 4 nitrogen and oxygen atoms in total. The van der Waals surface area contributed by atoms with Gasteiger partial charge in [-0.15, -0.1) is 0 Å². The van der Waals surface area contributed by atoms with E-state index in [0.29, 0.717) is 11.4 Å². The van der Waals surface area contributed by atoms with Crippen molar-refractivity contribution < 1.29 is 4.79 Å². The van der Waals surface area contributed by atoms with Gasteiger partial charge in [-0.2, -0.15) is 0 Å². The summed E-state index contributed by atoms with van der Waals surface area (Å²) in [6.07, 6.45) is 1.68. The maximum Gasteiger partial charge on any atom is 0.257 e. The van der Waals surface area contributed by atoms with Crippen LogP contribution in [-0.4, -0.2) is 15.9 Å². The molecule has 0 fully saturated rings. The zero-order valence-corrected chi connectivity index (χ0v) is 16.2. The summed E-state index contributed by atoms with van der Waals surface area (Å²) in [7, 11) is 0. The number of hydrogen-bond donors (Lipinski definition) is 1. The first-order valence-electron chi connectivity index (χ1n) is 8.50. The summed E-state index contributed by atoms with van der Waals surface area (Å²) in [4.78, 5) is 22.0. The van der Waals surface area contributed by atoms with Crippen molar-refractivity contribution in [2.75, 3.05) is 5.32 Å². The molecular weight excluding hydrogens is 402 g/mol. The molecular formula is C22H16BrN3O. The fourth-order valence-electron chi connectivity index (χ4n) is 2.95. The van der Waals surface area contributed by atoms with E-state index in [1.165, 1.54) is 0 Å². The Hall–Kier alpha value is -3.05. The molecule has 2 aromatic carbocycles. The second-order valence-corrected chi connectivity index (χ2v) is 7.17. The minimum absolute atomic E-state index is 0.206. The number of pyridine rings is 2. The molecule has 0 bridgehead atoms. The molecule has 0 saturated carbocycles. The van der Waals surface area contributed by atoms with Gasteiger partial charge in [0.25, 0.3) is 5.91 Å². The normalized spacial score (nSPS) is 10.7. The third-order valence-corrected chi connectivity index (χ3v) is 4.73. The van der Waals surface area contributed by atoms with Crippen molar-refractivity contribution in [1.82, 2.24) is 9.97 Å². The number of nitrogens with one attached hydrogen (secondary N) is 1. The summed E-state index contributed by atoms with van der Waals surface area (Å²) in [5.74, 6) is 0.327. The minimum atomic E-state index is -0.206. The topological polar surface area (TPSA) is 54.9 Å². The van der Waals surface area contributed by atoms with Gasteiger partial charge in [0, 0.05) is 21.6 Å². The van der Waals surface area contributed by atoms with Gasteiger partial charge in [-0.05, 0) is 48.9 Å². The van der Waals surface area contributed by atoms with E-state index in [9.17, 15) is 4.79 Å². The number of para-hydroxylation sites is 1. The lowest BCUT2D eigenvalue weighted by atomic mass is 10.0. The van der Waals surface area contributed by atoms with Crippen LogP contribution >= 0.6 is 15.9 Å². The van der Waals surface area contributed by atoms with E-state index >= 15 is 0 Å². The predicted octanol–water partition coefficient (Wildman–Crippen LogP) is 5.62. The molecule has 5 heteroatoms. The molecule has 4 aromatic rings. The molecule has 2 heterocycles. The minimum Gasteiger partial charge on any atom is -0.307 e. The fourth-order valence-corrected chi connectivity index (χ4v) is 3.35. The molecule has 0 aliphatic rings. The summed E-state index contributed by atoms with van der Waals surface area (Å²) in [6.45, 7) is 1.96. The number of carbonyl (C=O) groups is 1. The summed E-state index contributed by atoms with van der Waals surface area (Å²) < 4.78 is 0.963. The SMILES string of the molecule is Cc1ccnc(NC(=O)c2cc(-c3cccc(Br)c3)nc3ccccc23)c1. The number of aryl methyl sites for hydroxylation is 1. The van der Waals surface area contributed by atoms with E-state index in [1.54, 1.807) is 6.20 Å². The highest BCUT2D eigenvalue weighted by atomic mass is 79.9.